The Morgan fingerprint density at radius 3 is 2.88 bits per heavy atom. The third kappa shape index (κ3) is 3.58. The van der Waals surface area contributed by atoms with Crippen LogP contribution in [0.2, 0.25) is 0 Å². The molecule has 3 aromatic rings. The molecular formula is C22H21N5O5. The number of carbonyl (C=O) groups is 2. The number of nitro groups is 1. The van der Waals surface area contributed by atoms with Gasteiger partial charge in [-0.1, -0.05) is 18.2 Å². The van der Waals surface area contributed by atoms with E-state index in [9.17, 15) is 19.7 Å². The second-order valence-electron chi connectivity index (χ2n) is 7.93. The third-order valence-electron chi connectivity index (χ3n) is 5.81. The number of aromatic nitrogens is 2. The Morgan fingerprint density at radius 1 is 1.25 bits per heavy atom. The van der Waals surface area contributed by atoms with Gasteiger partial charge in [0.05, 0.1) is 35.0 Å². The molecule has 2 atom stereocenters. The lowest BCUT2D eigenvalue weighted by Gasteiger charge is -2.19. The van der Waals surface area contributed by atoms with Gasteiger partial charge in [-0.2, -0.15) is 0 Å². The van der Waals surface area contributed by atoms with Crippen molar-refractivity contribution < 1.29 is 19.2 Å². The molecule has 0 unspecified atom stereocenters. The van der Waals surface area contributed by atoms with Crippen molar-refractivity contribution in [2.45, 2.75) is 31.4 Å². The molecule has 164 valence electrons. The molecule has 1 N–H and O–H groups in total. The molecule has 0 radical (unpaired) electrons. The lowest BCUT2D eigenvalue weighted by atomic mass is 10.1. The fourth-order valence-corrected chi connectivity index (χ4v) is 4.35. The van der Waals surface area contributed by atoms with Crippen LogP contribution in [-0.2, 0) is 14.3 Å². The Hall–Kier alpha value is -3.79. The Balaban J connectivity index is 1.42. The number of benzene rings is 2. The van der Waals surface area contributed by atoms with Crippen LogP contribution in [-0.4, -0.2) is 45.5 Å². The van der Waals surface area contributed by atoms with Crippen LogP contribution in [0.1, 0.15) is 25.3 Å². The highest BCUT2D eigenvalue weighted by Crippen LogP contribution is 2.37. The topological polar surface area (TPSA) is 120 Å². The maximum atomic E-state index is 13.3. The molecular weight excluding hydrogens is 414 g/mol. The predicted octanol–water partition coefficient (Wildman–Crippen LogP) is 3.04. The molecule has 0 bridgehead atoms. The zero-order chi connectivity index (χ0) is 22.2. The smallest absolute Gasteiger partial charge is 0.271 e. The van der Waals surface area contributed by atoms with E-state index in [4.69, 9.17) is 4.74 Å². The average molecular weight is 435 g/mol. The van der Waals surface area contributed by atoms with Gasteiger partial charge in [0.2, 0.25) is 11.9 Å². The van der Waals surface area contributed by atoms with Gasteiger partial charge >= 0.3 is 0 Å². The Kier molecular flexibility index (Phi) is 5.06. The minimum atomic E-state index is -0.752. The quantitative estimate of drug-likeness (QED) is 0.469. The van der Waals surface area contributed by atoms with E-state index < -0.39 is 16.9 Å². The van der Waals surface area contributed by atoms with Crippen molar-refractivity contribution in [3.63, 3.8) is 0 Å². The Bertz CT molecular complexity index is 1220. The number of anilines is 2. The highest BCUT2D eigenvalue weighted by molar-refractivity contribution is 6.05. The van der Waals surface area contributed by atoms with Gasteiger partial charge in [0.25, 0.3) is 11.6 Å². The van der Waals surface area contributed by atoms with E-state index in [-0.39, 0.29) is 24.1 Å². The van der Waals surface area contributed by atoms with Crippen molar-refractivity contribution in [3.8, 4) is 0 Å². The van der Waals surface area contributed by atoms with Crippen LogP contribution in [0.5, 0.6) is 0 Å². The SMILES string of the molecule is O=C(C[C@H]1C(=O)N(C[C@H]2CCCO2)c2nc3ccccc3n21)Nc1cccc([N+](=O)[O-])c1. The van der Waals surface area contributed by atoms with E-state index in [1.165, 1.54) is 18.2 Å². The van der Waals surface area contributed by atoms with Crippen LogP contribution in [0.25, 0.3) is 11.0 Å². The number of hydrogen-bond acceptors (Lipinski definition) is 6. The monoisotopic (exact) mass is 435 g/mol. The molecule has 3 heterocycles. The zero-order valence-electron chi connectivity index (χ0n) is 17.1. The molecule has 2 aliphatic rings. The maximum Gasteiger partial charge on any atom is 0.271 e. The summed E-state index contributed by atoms with van der Waals surface area (Å²) in [5.74, 6) is -0.102. The molecule has 0 aliphatic carbocycles. The fraction of sp³-hybridized carbons (Fsp3) is 0.318. The van der Waals surface area contributed by atoms with Gasteiger partial charge in [-0.05, 0) is 31.0 Å². The van der Waals surface area contributed by atoms with Crippen LogP contribution in [0.3, 0.4) is 0 Å². The van der Waals surface area contributed by atoms with Crippen molar-refractivity contribution in [1.82, 2.24) is 9.55 Å². The van der Waals surface area contributed by atoms with E-state index in [1.807, 2.05) is 24.3 Å². The number of amides is 2. The molecule has 32 heavy (non-hydrogen) atoms. The van der Waals surface area contributed by atoms with Crippen LogP contribution in [0, 0.1) is 10.1 Å². The molecule has 0 saturated carbocycles. The molecule has 2 aliphatic heterocycles. The predicted molar refractivity (Wildman–Crippen MR) is 116 cm³/mol. The van der Waals surface area contributed by atoms with E-state index in [0.29, 0.717) is 24.8 Å². The molecule has 10 nitrogen and oxygen atoms in total. The standard InChI is InChI=1S/C22H21N5O5/c28-20(23-14-5-3-6-15(11-14)27(30)31)12-19-21(29)25(13-16-7-4-10-32-16)22-24-17-8-1-2-9-18(17)26(19)22/h1-3,5-6,8-9,11,16,19H,4,7,10,12-13H2,(H,23,28)/t16-,19+/m1/s1. The van der Waals surface area contributed by atoms with Gasteiger partial charge in [-0.15, -0.1) is 0 Å². The maximum absolute atomic E-state index is 13.3. The van der Waals surface area contributed by atoms with Gasteiger partial charge in [0.1, 0.15) is 6.04 Å². The first-order chi connectivity index (χ1) is 15.5. The summed E-state index contributed by atoms with van der Waals surface area (Å²) in [6.45, 7) is 1.07. The summed E-state index contributed by atoms with van der Waals surface area (Å²) in [6, 6.07) is 12.4. The molecule has 10 heteroatoms. The van der Waals surface area contributed by atoms with Crippen molar-refractivity contribution in [2.24, 2.45) is 0 Å². The van der Waals surface area contributed by atoms with Crippen molar-refractivity contribution in [2.75, 3.05) is 23.4 Å². The number of nitro benzene ring substituents is 1. The third-order valence-corrected chi connectivity index (χ3v) is 5.81. The highest BCUT2D eigenvalue weighted by atomic mass is 16.6. The molecule has 1 fully saturated rings. The number of hydrogen-bond donors (Lipinski definition) is 1. The van der Waals surface area contributed by atoms with E-state index >= 15 is 0 Å². The number of fused-ring (bicyclic) bond motifs is 3. The first-order valence-electron chi connectivity index (χ1n) is 10.5. The second-order valence-corrected chi connectivity index (χ2v) is 7.93. The van der Waals surface area contributed by atoms with Gasteiger partial charge in [-0.3, -0.25) is 29.2 Å². The lowest BCUT2D eigenvalue weighted by molar-refractivity contribution is -0.384. The highest BCUT2D eigenvalue weighted by Gasteiger charge is 2.42. The average Bonchev–Trinajstić information content (AvgIpc) is 3.48. The number of nitrogens with zero attached hydrogens (tertiary/aromatic N) is 4. The molecule has 2 aromatic carbocycles. The van der Waals surface area contributed by atoms with Crippen molar-refractivity contribution in [3.05, 3.63) is 58.6 Å². The summed E-state index contributed by atoms with van der Waals surface area (Å²) < 4.78 is 7.52. The second kappa shape index (κ2) is 8.04. The van der Waals surface area contributed by atoms with Crippen LogP contribution in [0.4, 0.5) is 17.3 Å². The number of carbonyl (C=O) groups excluding carboxylic acids is 2. The summed E-state index contributed by atoms with van der Waals surface area (Å²) in [5.41, 5.74) is 1.71. The summed E-state index contributed by atoms with van der Waals surface area (Å²) in [5, 5.41) is 13.7. The van der Waals surface area contributed by atoms with Crippen molar-refractivity contribution >= 4 is 40.2 Å². The summed E-state index contributed by atoms with van der Waals surface area (Å²) in [7, 11) is 0. The minimum absolute atomic E-state index is 0.0512. The Labute approximate surface area is 182 Å². The molecule has 2 amide bonds. The van der Waals surface area contributed by atoms with Gasteiger partial charge in [-0.25, -0.2) is 4.98 Å². The molecule has 5 rings (SSSR count). The normalized spacial score (nSPS) is 20.0. The first-order valence-corrected chi connectivity index (χ1v) is 10.5. The Morgan fingerprint density at radius 2 is 2.09 bits per heavy atom. The summed E-state index contributed by atoms with van der Waals surface area (Å²) in [6.07, 6.45) is 1.67. The zero-order valence-corrected chi connectivity index (χ0v) is 17.1. The molecule has 1 aromatic heterocycles. The number of imidazole rings is 1. The summed E-state index contributed by atoms with van der Waals surface area (Å²) in [4.78, 5) is 42.9. The molecule has 1 saturated heterocycles. The van der Waals surface area contributed by atoms with Gasteiger partial charge < -0.3 is 10.1 Å². The summed E-state index contributed by atoms with van der Waals surface area (Å²) >= 11 is 0. The van der Waals surface area contributed by atoms with Crippen LogP contribution in [0.15, 0.2) is 48.5 Å². The van der Waals surface area contributed by atoms with E-state index in [0.717, 1.165) is 23.9 Å². The number of non-ortho nitro benzene ring substituents is 1. The first kappa shape index (κ1) is 20.1. The number of rotatable bonds is 6. The minimum Gasteiger partial charge on any atom is -0.376 e. The van der Waals surface area contributed by atoms with E-state index in [2.05, 4.69) is 10.3 Å². The van der Waals surface area contributed by atoms with Crippen LogP contribution >= 0.6 is 0 Å². The molecule has 0 spiro atoms. The lowest BCUT2D eigenvalue weighted by Crippen LogP contribution is -2.37. The van der Waals surface area contributed by atoms with Gasteiger partial charge in [0, 0.05) is 24.4 Å². The number of ether oxygens (including phenoxy) is 1. The fourth-order valence-electron chi connectivity index (χ4n) is 4.35. The largest absolute Gasteiger partial charge is 0.376 e. The van der Waals surface area contributed by atoms with Gasteiger partial charge in [0.15, 0.2) is 0 Å². The number of nitrogens with one attached hydrogen (secondary N) is 1. The van der Waals surface area contributed by atoms with E-state index in [1.54, 1.807) is 15.5 Å². The van der Waals surface area contributed by atoms with Crippen LogP contribution < -0.4 is 10.2 Å². The number of para-hydroxylation sites is 2. The van der Waals surface area contributed by atoms with Crippen molar-refractivity contribution in [1.29, 1.82) is 0 Å².